The lowest BCUT2D eigenvalue weighted by Gasteiger charge is -2.27. The van der Waals surface area contributed by atoms with Gasteiger partial charge in [0, 0.05) is 0 Å². The van der Waals surface area contributed by atoms with Crippen LogP contribution in [0, 0.1) is 0 Å². The Bertz CT molecular complexity index is 703. The zero-order valence-electron chi connectivity index (χ0n) is 15.1. The molecule has 0 radical (unpaired) electrons. The van der Waals surface area contributed by atoms with E-state index in [9.17, 15) is 10.2 Å². The average molecular weight is 360 g/mol. The lowest BCUT2D eigenvalue weighted by molar-refractivity contribution is -0.921. The summed E-state index contributed by atoms with van der Waals surface area (Å²) in [6, 6.07) is 8.12. The van der Waals surface area contributed by atoms with Crippen molar-refractivity contribution in [1.29, 1.82) is 0 Å². The largest absolute Gasteiger partial charge is 0.504 e. The molecule has 0 saturated carbocycles. The molecule has 6 heteroatoms. The highest BCUT2D eigenvalue weighted by molar-refractivity contribution is 5.93. The third-order valence-electron chi connectivity index (χ3n) is 5.63. The number of rotatable bonds is 4. The lowest BCUT2D eigenvalue weighted by atomic mass is 9.96. The third kappa shape index (κ3) is 3.50. The fourth-order valence-corrected chi connectivity index (χ4v) is 4.08. The van der Waals surface area contributed by atoms with Crippen LogP contribution < -0.4 is 9.80 Å². The first-order valence-electron chi connectivity index (χ1n) is 9.51. The molecule has 4 N–H and O–H groups in total. The van der Waals surface area contributed by atoms with Gasteiger partial charge in [-0.05, 0) is 10.8 Å². The predicted octanol–water partition coefficient (Wildman–Crippen LogP) is -0.919. The van der Waals surface area contributed by atoms with E-state index in [0.29, 0.717) is 13.1 Å². The van der Waals surface area contributed by atoms with Crippen LogP contribution in [0.4, 0.5) is 0 Å². The van der Waals surface area contributed by atoms with Gasteiger partial charge in [0.1, 0.15) is 39.3 Å². The van der Waals surface area contributed by atoms with Gasteiger partial charge in [-0.3, -0.25) is 0 Å². The maximum absolute atomic E-state index is 10.8. The number of phenols is 2. The molecule has 26 heavy (non-hydrogen) atoms. The van der Waals surface area contributed by atoms with Crippen LogP contribution in [0.5, 0.6) is 11.5 Å². The summed E-state index contributed by atoms with van der Waals surface area (Å²) in [4.78, 5) is 2.75. The van der Waals surface area contributed by atoms with Gasteiger partial charge in [-0.2, -0.15) is 0 Å². The monoisotopic (exact) mass is 360 g/mol. The van der Waals surface area contributed by atoms with Crippen molar-refractivity contribution in [2.45, 2.75) is 13.1 Å². The summed E-state index contributed by atoms with van der Waals surface area (Å²) in [7, 11) is 0. The minimum Gasteiger partial charge on any atom is -0.504 e. The molecule has 0 spiro atoms. The normalized spacial score (nSPS) is 19.8. The van der Waals surface area contributed by atoms with Crippen molar-refractivity contribution >= 4 is 10.8 Å². The number of quaternary nitrogens is 2. The SMILES string of the molecule is Oc1c(O)c(C[NH+]2CCOCC2)c2ccccc2c1C[NH+]1CCOCC1. The first-order valence-corrected chi connectivity index (χ1v) is 9.51. The molecule has 2 saturated heterocycles. The Morgan fingerprint density at radius 3 is 1.46 bits per heavy atom. The van der Waals surface area contributed by atoms with E-state index in [0.717, 1.165) is 74.5 Å². The molecule has 2 aromatic rings. The molecule has 0 bridgehead atoms. The fourth-order valence-electron chi connectivity index (χ4n) is 4.08. The maximum Gasteiger partial charge on any atom is 0.167 e. The van der Waals surface area contributed by atoms with Gasteiger partial charge < -0.3 is 29.5 Å². The summed E-state index contributed by atoms with van der Waals surface area (Å²) in [5, 5.41) is 23.7. The number of hydrogen-bond donors (Lipinski definition) is 4. The topological polar surface area (TPSA) is 67.8 Å². The van der Waals surface area contributed by atoms with Gasteiger partial charge in [0.15, 0.2) is 11.5 Å². The maximum atomic E-state index is 10.8. The molecule has 2 aliphatic rings. The van der Waals surface area contributed by atoms with Crippen LogP contribution >= 0.6 is 0 Å². The number of phenolic OH excluding ortho intramolecular Hbond substituents is 2. The summed E-state index contributed by atoms with van der Waals surface area (Å²) < 4.78 is 10.9. The van der Waals surface area contributed by atoms with Gasteiger partial charge in [0.2, 0.25) is 0 Å². The molecule has 2 fully saturated rings. The fraction of sp³-hybridized carbons (Fsp3) is 0.500. The van der Waals surface area contributed by atoms with E-state index in [1.165, 1.54) is 9.80 Å². The molecular weight excluding hydrogens is 332 g/mol. The molecule has 2 heterocycles. The van der Waals surface area contributed by atoms with Crippen molar-refractivity contribution in [1.82, 2.24) is 0 Å². The number of aromatic hydroxyl groups is 2. The number of ether oxygens (including phenoxy) is 2. The second-order valence-electron chi connectivity index (χ2n) is 7.28. The molecule has 140 valence electrons. The van der Waals surface area contributed by atoms with E-state index >= 15 is 0 Å². The standard InChI is InChI=1S/C20H26N2O4/c23-19-17(13-21-5-9-25-10-6-21)15-3-1-2-4-16(15)18(20(19)24)14-22-7-11-26-12-8-22/h1-4,23-24H,5-14H2/p+2. The molecule has 2 aromatic carbocycles. The predicted molar refractivity (Wildman–Crippen MR) is 97.7 cm³/mol. The van der Waals surface area contributed by atoms with E-state index in [4.69, 9.17) is 9.47 Å². The van der Waals surface area contributed by atoms with E-state index in [-0.39, 0.29) is 11.5 Å². The Morgan fingerprint density at radius 2 is 1.08 bits per heavy atom. The minimum atomic E-state index is 0.0466. The Morgan fingerprint density at radius 1 is 0.692 bits per heavy atom. The first-order chi connectivity index (χ1) is 12.7. The molecule has 0 aliphatic carbocycles. The van der Waals surface area contributed by atoms with Crippen molar-refractivity contribution < 1.29 is 29.5 Å². The molecule has 2 aliphatic heterocycles. The van der Waals surface area contributed by atoms with E-state index < -0.39 is 0 Å². The van der Waals surface area contributed by atoms with Gasteiger partial charge >= 0.3 is 0 Å². The van der Waals surface area contributed by atoms with Gasteiger partial charge in [-0.15, -0.1) is 0 Å². The zero-order valence-corrected chi connectivity index (χ0v) is 15.1. The molecule has 0 aromatic heterocycles. The first kappa shape index (κ1) is 17.5. The van der Waals surface area contributed by atoms with Crippen LogP contribution in [0.1, 0.15) is 11.1 Å². The van der Waals surface area contributed by atoms with Crippen molar-refractivity contribution in [2.75, 3.05) is 52.6 Å². The van der Waals surface area contributed by atoms with Gasteiger partial charge in [0.25, 0.3) is 0 Å². The lowest BCUT2D eigenvalue weighted by Crippen LogP contribution is -3.12. The Hall–Kier alpha value is -1.86. The zero-order chi connectivity index (χ0) is 17.9. The summed E-state index contributed by atoms with van der Waals surface area (Å²) in [5.41, 5.74) is 1.69. The van der Waals surface area contributed by atoms with Crippen molar-refractivity contribution in [3.63, 3.8) is 0 Å². The summed E-state index contributed by atoms with van der Waals surface area (Å²) in [5.74, 6) is 0.0932. The summed E-state index contributed by atoms with van der Waals surface area (Å²) in [6.07, 6.45) is 0. The number of hydrogen-bond acceptors (Lipinski definition) is 4. The average Bonchev–Trinajstić information content (AvgIpc) is 2.70. The number of fused-ring (bicyclic) bond motifs is 1. The van der Waals surface area contributed by atoms with E-state index in [2.05, 4.69) is 12.1 Å². The Balaban J connectivity index is 1.71. The summed E-state index contributed by atoms with van der Waals surface area (Å²) >= 11 is 0. The summed E-state index contributed by atoms with van der Waals surface area (Å²) in [6.45, 7) is 8.10. The Labute approximate surface area is 153 Å². The highest BCUT2D eigenvalue weighted by Crippen LogP contribution is 2.39. The molecule has 0 amide bonds. The van der Waals surface area contributed by atoms with Gasteiger partial charge in [0.05, 0.1) is 37.6 Å². The van der Waals surface area contributed by atoms with E-state index in [1.807, 2.05) is 12.1 Å². The number of benzene rings is 2. The quantitative estimate of drug-likeness (QED) is 0.533. The van der Waals surface area contributed by atoms with Crippen LogP contribution in [0.15, 0.2) is 24.3 Å². The van der Waals surface area contributed by atoms with Crippen molar-refractivity contribution in [3.8, 4) is 11.5 Å². The third-order valence-corrected chi connectivity index (χ3v) is 5.63. The minimum absolute atomic E-state index is 0.0466. The number of nitrogens with one attached hydrogen (secondary N) is 2. The highest BCUT2D eigenvalue weighted by Gasteiger charge is 2.25. The second-order valence-corrected chi connectivity index (χ2v) is 7.28. The molecule has 4 rings (SSSR count). The van der Waals surface area contributed by atoms with Gasteiger partial charge in [-0.25, -0.2) is 0 Å². The van der Waals surface area contributed by atoms with Gasteiger partial charge in [-0.1, -0.05) is 24.3 Å². The van der Waals surface area contributed by atoms with Crippen LogP contribution in [0.3, 0.4) is 0 Å². The van der Waals surface area contributed by atoms with Crippen LogP contribution in [0.2, 0.25) is 0 Å². The van der Waals surface area contributed by atoms with Crippen LogP contribution in [-0.2, 0) is 22.6 Å². The van der Waals surface area contributed by atoms with E-state index in [1.54, 1.807) is 0 Å². The molecule has 0 atom stereocenters. The smallest absolute Gasteiger partial charge is 0.167 e. The molecule has 0 unspecified atom stereocenters. The highest BCUT2D eigenvalue weighted by atomic mass is 16.5. The number of morpholine rings is 2. The van der Waals surface area contributed by atoms with Crippen molar-refractivity contribution in [2.24, 2.45) is 0 Å². The van der Waals surface area contributed by atoms with Crippen LogP contribution in [0.25, 0.3) is 10.8 Å². The van der Waals surface area contributed by atoms with Crippen molar-refractivity contribution in [3.05, 3.63) is 35.4 Å². The van der Waals surface area contributed by atoms with Crippen LogP contribution in [-0.4, -0.2) is 62.8 Å². The Kier molecular flexibility index (Phi) is 5.26. The second kappa shape index (κ2) is 7.80. The molecular formula is C20H28N2O4+2. The molecule has 6 nitrogen and oxygen atoms in total.